The molecular weight excluding hydrogens is 172 g/mol. The van der Waals surface area contributed by atoms with Gasteiger partial charge in [-0.05, 0) is 12.1 Å². The number of hydrogen-bond acceptors (Lipinski definition) is 1. The highest BCUT2D eigenvalue weighted by atomic mass is 14.9. The Morgan fingerprint density at radius 2 is 2.00 bits per heavy atom. The number of pyridine rings is 1. The number of hydrogen-bond donors (Lipinski definition) is 0. The number of fused-ring (bicyclic) bond motifs is 3. The second kappa shape index (κ2) is 2.58. The lowest BCUT2D eigenvalue weighted by Crippen LogP contribution is -1.95. The molecule has 0 unspecified atom stereocenters. The predicted octanol–water partition coefficient (Wildman–Crippen LogP) is 2.68. The molecule has 0 saturated carbocycles. The summed E-state index contributed by atoms with van der Waals surface area (Å²) in [4.78, 5) is 4.31. The molecule has 2 aliphatic heterocycles. The lowest BCUT2D eigenvalue weighted by Gasteiger charge is -2.09. The van der Waals surface area contributed by atoms with Crippen LogP contribution in [0.1, 0.15) is 0 Å². The number of benzene rings is 1. The molecule has 1 aromatic rings. The van der Waals surface area contributed by atoms with Crippen molar-refractivity contribution in [2.75, 3.05) is 0 Å². The summed E-state index contributed by atoms with van der Waals surface area (Å²) in [6.45, 7) is 0. The lowest BCUT2D eigenvalue weighted by atomic mass is 10.1. The van der Waals surface area contributed by atoms with E-state index in [1.807, 2.05) is 6.20 Å². The summed E-state index contributed by atoms with van der Waals surface area (Å²) in [6.07, 6.45) is 3.93. The van der Waals surface area contributed by atoms with Gasteiger partial charge >= 0.3 is 0 Å². The summed E-state index contributed by atoms with van der Waals surface area (Å²) in [5.74, 6) is 0. The first kappa shape index (κ1) is 7.56. The number of rotatable bonds is 0. The van der Waals surface area contributed by atoms with E-state index in [-0.39, 0.29) is 0 Å². The van der Waals surface area contributed by atoms with E-state index in [0.717, 1.165) is 5.69 Å². The van der Waals surface area contributed by atoms with Crippen molar-refractivity contribution in [3.63, 3.8) is 0 Å². The number of aryl methyl sites for hydroxylation is 1. The number of para-hydroxylation sites is 1. The Morgan fingerprint density at radius 3 is 2.93 bits per heavy atom. The molecule has 2 heterocycles. The van der Waals surface area contributed by atoms with E-state index < -0.39 is 0 Å². The third-order valence-electron chi connectivity index (χ3n) is 2.62. The first-order chi connectivity index (χ1) is 6.86. The van der Waals surface area contributed by atoms with Gasteiger partial charge in [-0.15, -0.1) is 0 Å². The molecule has 0 atom stereocenters. The molecule has 0 N–H and O–H groups in total. The number of aromatic nitrogens is 2. The van der Waals surface area contributed by atoms with Gasteiger partial charge in [-0.2, -0.15) is 0 Å². The average molecular weight is 182 g/mol. The quantitative estimate of drug-likeness (QED) is 0.522. The minimum atomic E-state index is 1.06. The summed E-state index contributed by atoms with van der Waals surface area (Å²) < 4.78 is 2.12. The second-order valence-electron chi connectivity index (χ2n) is 3.50. The van der Waals surface area contributed by atoms with E-state index in [0.29, 0.717) is 0 Å². The van der Waals surface area contributed by atoms with Crippen LogP contribution >= 0.6 is 0 Å². The Morgan fingerprint density at radius 1 is 1.14 bits per heavy atom. The SMILES string of the molecule is Cn1cc2nccc-2c2ccccc21. The normalized spacial score (nSPS) is 11.2. The van der Waals surface area contributed by atoms with Crippen molar-refractivity contribution in [3.8, 4) is 11.3 Å². The molecule has 0 aromatic heterocycles. The highest BCUT2D eigenvalue weighted by molar-refractivity contribution is 5.94. The van der Waals surface area contributed by atoms with Crippen molar-refractivity contribution in [2.24, 2.45) is 7.05 Å². The highest BCUT2D eigenvalue weighted by Gasteiger charge is 2.08. The second-order valence-corrected chi connectivity index (χ2v) is 3.50. The van der Waals surface area contributed by atoms with Gasteiger partial charge in [-0.3, -0.25) is 4.98 Å². The van der Waals surface area contributed by atoms with Gasteiger partial charge in [0.25, 0.3) is 0 Å². The Kier molecular flexibility index (Phi) is 1.39. The van der Waals surface area contributed by atoms with Gasteiger partial charge in [0, 0.05) is 35.9 Å². The van der Waals surface area contributed by atoms with Crippen LogP contribution < -0.4 is 0 Å². The first-order valence-electron chi connectivity index (χ1n) is 4.65. The molecule has 2 aliphatic rings. The molecule has 3 rings (SSSR count). The number of nitrogens with zero attached hydrogens (tertiary/aromatic N) is 2. The van der Waals surface area contributed by atoms with Crippen LogP contribution in [0.2, 0.25) is 0 Å². The van der Waals surface area contributed by atoms with E-state index in [1.54, 1.807) is 0 Å². The highest BCUT2D eigenvalue weighted by Crippen LogP contribution is 2.28. The van der Waals surface area contributed by atoms with Crippen LogP contribution in [0.15, 0.2) is 42.7 Å². The smallest absolute Gasteiger partial charge is 0.0871 e. The summed E-state index contributed by atoms with van der Waals surface area (Å²) in [5, 5.41) is 1.27. The molecule has 2 nitrogen and oxygen atoms in total. The summed E-state index contributed by atoms with van der Waals surface area (Å²) >= 11 is 0. The maximum Gasteiger partial charge on any atom is 0.0871 e. The van der Waals surface area contributed by atoms with Gasteiger partial charge in [-0.1, -0.05) is 18.2 Å². The molecule has 0 radical (unpaired) electrons. The molecule has 0 amide bonds. The fourth-order valence-corrected chi connectivity index (χ4v) is 1.94. The molecular formula is C12H10N2. The van der Waals surface area contributed by atoms with Crippen molar-refractivity contribution in [3.05, 3.63) is 42.7 Å². The Hall–Kier alpha value is -1.83. The minimum absolute atomic E-state index is 1.06. The lowest BCUT2D eigenvalue weighted by molar-refractivity contribution is 0.950. The zero-order chi connectivity index (χ0) is 9.54. The van der Waals surface area contributed by atoms with Crippen LogP contribution in [0.3, 0.4) is 0 Å². The molecule has 68 valence electrons. The fraction of sp³-hybridized carbons (Fsp3) is 0.0833. The van der Waals surface area contributed by atoms with Gasteiger partial charge in [0.2, 0.25) is 0 Å². The molecule has 0 fully saturated rings. The zero-order valence-electron chi connectivity index (χ0n) is 7.94. The Bertz CT molecular complexity index is 566. The van der Waals surface area contributed by atoms with Crippen LogP contribution in [-0.4, -0.2) is 9.55 Å². The summed E-state index contributed by atoms with van der Waals surface area (Å²) in [5.41, 5.74) is 3.54. The van der Waals surface area contributed by atoms with E-state index in [4.69, 9.17) is 0 Å². The minimum Gasteiger partial charge on any atom is -0.348 e. The largest absolute Gasteiger partial charge is 0.348 e. The van der Waals surface area contributed by atoms with Crippen molar-refractivity contribution in [1.29, 1.82) is 0 Å². The van der Waals surface area contributed by atoms with Crippen LogP contribution in [0.25, 0.3) is 22.2 Å². The van der Waals surface area contributed by atoms with Crippen molar-refractivity contribution >= 4 is 10.9 Å². The van der Waals surface area contributed by atoms with Crippen LogP contribution in [0.4, 0.5) is 0 Å². The van der Waals surface area contributed by atoms with Crippen LogP contribution in [0.5, 0.6) is 0 Å². The van der Waals surface area contributed by atoms with E-state index in [9.17, 15) is 0 Å². The molecule has 2 heteroatoms. The molecule has 0 spiro atoms. The van der Waals surface area contributed by atoms with Crippen molar-refractivity contribution in [1.82, 2.24) is 9.55 Å². The van der Waals surface area contributed by atoms with Gasteiger partial charge in [0.05, 0.1) is 5.69 Å². The Labute approximate surface area is 82.2 Å². The molecule has 0 saturated heterocycles. The van der Waals surface area contributed by atoms with E-state index in [1.165, 1.54) is 16.5 Å². The fourth-order valence-electron chi connectivity index (χ4n) is 1.94. The maximum absolute atomic E-state index is 4.31. The van der Waals surface area contributed by atoms with Crippen LogP contribution in [0, 0.1) is 0 Å². The standard InChI is InChI=1S/C12H10N2/c1-14-8-11-9(6-7-13-11)10-4-2-3-5-12(10)14/h2-8H,1H3. The van der Waals surface area contributed by atoms with Crippen molar-refractivity contribution in [2.45, 2.75) is 0 Å². The van der Waals surface area contributed by atoms with Gasteiger partial charge < -0.3 is 4.57 Å². The third kappa shape index (κ3) is 0.880. The summed E-state index contributed by atoms with van der Waals surface area (Å²) in [7, 11) is 2.05. The summed E-state index contributed by atoms with van der Waals surface area (Å²) in [6, 6.07) is 10.5. The molecule has 0 aliphatic carbocycles. The maximum atomic E-state index is 4.31. The van der Waals surface area contributed by atoms with Crippen molar-refractivity contribution < 1.29 is 0 Å². The van der Waals surface area contributed by atoms with Gasteiger partial charge in [0.1, 0.15) is 0 Å². The average Bonchev–Trinajstić information content (AvgIpc) is 2.66. The first-order valence-corrected chi connectivity index (χ1v) is 4.65. The topological polar surface area (TPSA) is 17.8 Å². The van der Waals surface area contributed by atoms with Gasteiger partial charge in [0.15, 0.2) is 0 Å². The zero-order valence-corrected chi connectivity index (χ0v) is 7.94. The van der Waals surface area contributed by atoms with Gasteiger partial charge in [-0.25, -0.2) is 0 Å². The molecule has 0 bridgehead atoms. The Balaban J connectivity index is 2.60. The monoisotopic (exact) mass is 182 g/mol. The van der Waals surface area contributed by atoms with E-state index >= 15 is 0 Å². The van der Waals surface area contributed by atoms with Crippen LogP contribution in [-0.2, 0) is 7.05 Å². The molecule has 14 heavy (non-hydrogen) atoms. The van der Waals surface area contributed by atoms with E-state index in [2.05, 4.69) is 53.1 Å². The predicted molar refractivity (Wildman–Crippen MR) is 57.3 cm³/mol. The molecule has 1 aromatic carbocycles. The third-order valence-corrected chi connectivity index (χ3v) is 2.62.